The zero-order chi connectivity index (χ0) is 12.9. The maximum atomic E-state index is 11.4. The molecule has 0 bridgehead atoms. The van der Waals surface area contributed by atoms with Gasteiger partial charge in [-0.1, -0.05) is 0 Å². The highest BCUT2D eigenvalue weighted by Gasteiger charge is 2.13. The van der Waals surface area contributed by atoms with Gasteiger partial charge in [0.05, 0.1) is 0 Å². The van der Waals surface area contributed by atoms with E-state index in [1.807, 2.05) is 20.8 Å². The third-order valence-electron chi connectivity index (χ3n) is 1.50. The molecule has 0 atom stereocenters. The summed E-state index contributed by atoms with van der Waals surface area (Å²) in [6.45, 7) is 5.58. The number of nitrogens with one attached hydrogen (secondary N) is 2. The van der Waals surface area contributed by atoms with Gasteiger partial charge in [-0.2, -0.15) is 4.99 Å². The van der Waals surface area contributed by atoms with Crippen molar-refractivity contribution < 1.29 is 4.79 Å². The fourth-order valence-corrected chi connectivity index (χ4v) is 0.973. The van der Waals surface area contributed by atoms with Gasteiger partial charge in [0.1, 0.15) is 0 Å². The fraction of sp³-hybridized carbons (Fsp3) is 0.400. The van der Waals surface area contributed by atoms with Crippen molar-refractivity contribution in [1.82, 2.24) is 20.6 Å². The molecule has 4 N–H and O–H groups in total. The minimum atomic E-state index is -0.422. The third kappa shape index (κ3) is 5.45. The molecular formula is C10H16N6O. The van der Waals surface area contributed by atoms with Crippen LogP contribution in [0.25, 0.3) is 0 Å². The topological polar surface area (TPSA) is 105 Å². The molecule has 0 saturated heterocycles. The molecule has 0 aliphatic carbocycles. The Kier molecular flexibility index (Phi) is 3.97. The number of urea groups is 1. The van der Waals surface area contributed by atoms with E-state index in [1.54, 1.807) is 6.07 Å². The van der Waals surface area contributed by atoms with E-state index in [-0.39, 0.29) is 17.4 Å². The first kappa shape index (κ1) is 12.9. The number of carbonyl (C=O) groups is 1. The Morgan fingerprint density at radius 3 is 2.47 bits per heavy atom. The lowest BCUT2D eigenvalue weighted by Gasteiger charge is -2.20. The minimum Gasteiger partial charge on any atom is -0.369 e. The van der Waals surface area contributed by atoms with Crippen molar-refractivity contribution >= 4 is 17.9 Å². The van der Waals surface area contributed by atoms with Crippen LogP contribution in [-0.2, 0) is 0 Å². The third-order valence-corrected chi connectivity index (χ3v) is 1.50. The highest BCUT2D eigenvalue weighted by atomic mass is 16.2. The molecule has 0 radical (unpaired) electrons. The Labute approximate surface area is 99.6 Å². The Morgan fingerprint density at radius 2 is 1.94 bits per heavy atom. The largest absolute Gasteiger partial charge is 0.369 e. The van der Waals surface area contributed by atoms with Gasteiger partial charge in [0.25, 0.3) is 5.95 Å². The van der Waals surface area contributed by atoms with Crippen molar-refractivity contribution in [1.29, 1.82) is 0 Å². The number of amides is 2. The zero-order valence-corrected chi connectivity index (χ0v) is 10.1. The number of hydrogen-bond donors (Lipinski definition) is 3. The molecule has 0 fully saturated rings. The number of guanidine groups is 1. The monoisotopic (exact) mass is 236 g/mol. The van der Waals surface area contributed by atoms with Gasteiger partial charge in [-0.05, 0) is 26.8 Å². The molecule has 0 aliphatic rings. The van der Waals surface area contributed by atoms with E-state index in [1.165, 1.54) is 12.4 Å². The lowest BCUT2D eigenvalue weighted by molar-refractivity contribution is 0.236. The molecule has 1 aromatic rings. The van der Waals surface area contributed by atoms with E-state index in [0.717, 1.165) is 0 Å². The molecule has 0 spiro atoms. The summed E-state index contributed by atoms with van der Waals surface area (Å²) in [6, 6.07) is 1.24. The smallest absolute Gasteiger partial charge is 0.321 e. The van der Waals surface area contributed by atoms with Crippen LogP contribution in [-0.4, -0.2) is 27.5 Å². The highest BCUT2D eigenvalue weighted by molar-refractivity contribution is 5.96. The Bertz CT molecular complexity index is 409. The van der Waals surface area contributed by atoms with Crippen molar-refractivity contribution in [2.45, 2.75) is 26.3 Å². The SMILES string of the molecule is CC(C)(C)NC(=O)N/C(N)=N/c1ncccn1. The molecule has 0 aromatic carbocycles. The van der Waals surface area contributed by atoms with Crippen molar-refractivity contribution in [2.75, 3.05) is 0 Å². The standard InChI is InChI=1S/C10H16N6O/c1-10(2,3)16-9(17)15-7(11)14-8-12-5-4-6-13-8/h4-6H,1-3H3,(H4,11,12,13,14,15,16,17). The summed E-state index contributed by atoms with van der Waals surface area (Å²) < 4.78 is 0. The quantitative estimate of drug-likeness (QED) is 0.488. The number of carbonyl (C=O) groups excluding carboxylic acids is 1. The van der Waals surface area contributed by atoms with Crippen molar-refractivity contribution in [3.8, 4) is 0 Å². The number of nitrogens with two attached hydrogens (primary N) is 1. The molecule has 2 amide bonds. The van der Waals surface area contributed by atoms with E-state index in [9.17, 15) is 4.79 Å². The van der Waals surface area contributed by atoms with Crippen LogP contribution in [0.1, 0.15) is 20.8 Å². The molecule has 7 nitrogen and oxygen atoms in total. The van der Waals surface area contributed by atoms with E-state index < -0.39 is 6.03 Å². The van der Waals surface area contributed by atoms with Gasteiger partial charge < -0.3 is 11.1 Å². The molecule has 0 unspecified atom stereocenters. The molecular weight excluding hydrogens is 220 g/mol. The molecule has 17 heavy (non-hydrogen) atoms. The van der Waals surface area contributed by atoms with Crippen LogP contribution in [0.3, 0.4) is 0 Å². The average Bonchev–Trinajstić information content (AvgIpc) is 2.15. The summed E-state index contributed by atoms with van der Waals surface area (Å²) in [5.74, 6) is 0.138. The summed E-state index contributed by atoms with van der Waals surface area (Å²) >= 11 is 0. The lowest BCUT2D eigenvalue weighted by atomic mass is 10.1. The van der Waals surface area contributed by atoms with Gasteiger partial charge in [0.15, 0.2) is 0 Å². The summed E-state index contributed by atoms with van der Waals surface area (Å²) in [6.07, 6.45) is 3.07. The van der Waals surface area contributed by atoms with Gasteiger partial charge in [-0.15, -0.1) is 0 Å². The Balaban J connectivity index is 2.58. The van der Waals surface area contributed by atoms with Crippen LogP contribution >= 0.6 is 0 Å². The van der Waals surface area contributed by atoms with E-state index in [4.69, 9.17) is 5.73 Å². The first-order valence-electron chi connectivity index (χ1n) is 5.07. The maximum absolute atomic E-state index is 11.4. The molecule has 1 heterocycles. The Hall–Kier alpha value is -2.18. The van der Waals surface area contributed by atoms with Crippen LogP contribution < -0.4 is 16.4 Å². The van der Waals surface area contributed by atoms with Gasteiger partial charge in [-0.3, -0.25) is 5.32 Å². The molecule has 0 saturated carbocycles. The highest BCUT2D eigenvalue weighted by Crippen LogP contribution is 1.99. The fourth-order valence-electron chi connectivity index (χ4n) is 0.973. The molecule has 92 valence electrons. The predicted molar refractivity (Wildman–Crippen MR) is 64.7 cm³/mol. The number of hydrogen-bond acceptors (Lipinski definition) is 4. The van der Waals surface area contributed by atoms with E-state index >= 15 is 0 Å². The second-order valence-electron chi connectivity index (χ2n) is 4.37. The van der Waals surface area contributed by atoms with Crippen LogP contribution in [0.4, 0.5) is 10.7 Å². The predicted octanol–water partition coefficient (Wildman–Crippen LogP) is 0.520. The molecule has 0 aliphatic heterocycles. The van der Waals surface area contributed by atoms with Crippen molar-refractivity contribution in [3.05, 3.63) is 18.5 Å². The Morgan fingerprint density at radius 1 is 1.35 bits per heavy atom. The summed E-state index contributed by atoms with van der Waals surface area (Å²) in [4.78, 5) is 23.0. The maximum Gasteiger partial charge on any atom is 0.321 e. The average molecular weight is 236 g/mol. The minimum absolute atomic E-state index is 0.0575. The second-order valence-corrected chi connectivity index (χ2v) is 4.37. The van der Waals surface area contributed by atoms with Crippen LogP contribution in [0, 0.1) is 0 Å². The van der Waals surface area contributed by atoms with Gasteiger partial charge >= 0.3 is 6.03 Å². The molecule has 1 rings (SSSR count). The first-order chi connectivity index (χ1) is 7.87. The van der Waals surface area contributed by atoms with Crippen LogP contribution in [0.15, 0.2) is 23.5 Å². The van der Waals surface area contributed by atoms with Crippen LogP contribution in [0.2, 0.25) is 0 Å². The van der Waals surface area contributed by atoms with Crippen molar-refractivity contribution in [3.63, 3.8) is 0 Å². The molecule has 7 heteroatoms. The number of nitrogens with zero attached hydrogens (tertiary/aromatic N) is 3. The molecule has 1 aromatic heterocycles. The second kappa shape index (κ2) is 5.24. The number of aromatic nitrogens is 2. The van der Waals surface area contributed by atoms with Crippen molar-refractivity contribution in [2.24, 2.45) is 10.7 Å². The lowest BCUT2D eigenvalue weighted by Crippen LogP contribution is -2.50. The van der Waals surface area contributed by atoms with E-state index in [2.05, 4.69) is 25.6 Å². The number of rotatable bonds is 1. The first-order valence-corrected chi connectivity index (χ1v) is 5.07. The summed E-state index contributed by atoms with van der Waals surface area (Å²) in [5.41, 5.74) is 5.18. The van der Waals surface area contributed by atoms with Gasteiger partial charge in [0, 0.05) is 17.9 Å². The zero-order valence-electron chi connectivity index (χ0n) is 10.1. The van der Waals surface area contributed by atoms with E-state index in [0.29, 0.717) is 0 Å². The summed E-state index contributed by atoms with van der Waals surface area (Å²) in [7, 11) is 0. The van der Waals surface area contributed by atoms with Gasteiger partial charge in [-0.25, -0.2) is 14.8 Å². The van der Waals surface area contributed by atoms with Gasteiger partial charge in [0.2, 0.25) is 5.96 Å². The number of aliphatic imine (C=N–C) groups is 1. The van der Waals surface area contributed by atoms with Crippen LogP contribution in [0.5, 0.6) is 0 Å². The summed E-state index contributed by atoms with van der Waals surface area (Å²) in [5, 5.41) is 5.07. The normalized spacial score (nSPS) is 12.1.